The van der Waals surface area contributed by atoms with Crippen molar-refractivity contribution >= 4 is 17.1 Å². The maximum atomic E-state index is 12.7. The number of carbonyl (C=O) groups is 1. The molecule has 24 heavy (non-hydrogen) atoms. The molecule has 0 bridgehead atoms. The van der Waals surface area contributed by atoms with Gasteiger partial charge in [-0.2, -0.15) is 0 Å². The number of rotatable bonds is 3. The van der Waals surface area contributed by atoms with Crippen molar-refractivity contribution in [3.63, 3.8) is 0 Å². The molecule has 4 rings (SSSR count). The minimum atomic E-state index is 0.0766. The summed E-state index contributed by atoms with van der Waals surface area (Å²) in [6, 6.07) is 2.08. The first kappa shape index (κ1) is 14.9. The second kappa shape index (κ2) is 6.07. The fourth-order valence-corrected chi connectivity index (χ4v) is 3.40. The van der Waals surface area contributed by atoms with Crippen molar-refractivity contribution in [2.45, 2.75) is 32.2 Å². The van der Waals surface area contributed by atoms with E-state index in [4.69, 9.17) is 0 Å². The average Bonchev–Trinajstić information content (AvgIpc) is 3.27. The number of nitrogens with zero attached hydrogens (tertiary/aromatic N) is 5. The lowest BCUT2D eigenvalue weighted by molar-refractivity contribution is 0.0701. The fourth-order valence-electron chi connectivity index (χ4n) is 3.40. The second-order valence-corrected chi connectivity index (χ2v) is 6.15. The highest BCUT2D eigenvalue weighted by molar-refractivity contribution is 5.92. The van der Waals surface area contributed by atoms with Gasteiger partial charge in [0.15, 0.2) is 5.65 Å². The summed E-state index contributed by atoms with van der Waals surface area (Å²) in [7, 11) is 0. The van der Waals surface area contributed by atoms with Crippen molar-refractivity contribution in [1.29, 1.82) is 0 Å². The SMILES string of the molecule is CCn1cncc1C(=O)N1CCC(c2cc3nccnc3[nH]2)CC1. The van der Waals surface area contributed by atoms with E-state index in [1.54, 1.807) is 24.9 Å². The highest BCUT2D eigenvalue weighted by atomic mass is 16.2. The average molecular weight is 324 g/mol. The van der Waals surface area contributed by atoms with Gasteiger partial charge in [-0.15, -0.1) is 0 Å². The number of aryl methyl sites for hydroxylation is 1. The fraction of sp³-hybridized carbons (Fsp3) is 0.412. The van der Waals surface area contributed by atoms with E-state index in [1.807, 2.05) is 16.4 Å². The Morgan fingerprint density at radius 3 is 2.83 bits per heavy atom. The van der Waals surface area contributed by atoms with Gasteiger partial charge in [-0.25, -0.2) is 9.97 Å². The van der Waals surface area contributed by atoms with Gasteiger partial charge in [0.1, 0.15) is 11.2 Å². The van der Waals surface area contributed by atoms with Crippen LogP contribution in [0.25, 0.3) is 11.2 Å². The molecule has 7 nitrogen and oxygen atoms in total. The summed E-state index contributed by atoms with van der Waals surface area (Å²) in [5, 5.41) is 0. The van der Waals surface area contributed by atoms with Gasteiger partial charge >= 0.3 is 0 Å². The normalized spacial score (nSPS) is 16.0. The number of imidazole rings is 1. The van der Waals surface area contributed by atoms with Gasteiger partial charge < -0.3 is 14.5 Å². The molecular weight excluding hydrogens is 304 g/mol. The Bertz CT molecular complexity index is 826. The zero-order valence-electron chi connectivity index (χ0n) is 13.6. The van der Waals surface area contributed by atoms with Crippen molar-refractivity contribution in [1.82, 2.24) is 29.4 Å². The number of piperidine rings is 1. The minimum Gasteiger partial charge on any atom is -0.342 e. The van der Waals surface area contributed by atoms with Gasteiger partial charge in [-0.1, -0.05) is 0 Å². The van der Waals surface area contributed by atoms with Gasteiger partial charge in [0.25, 0.3) is 5.91 Å². The predicted octanol–water partition coefficient (Wildman–Crippen LogP) is 2.19. The van der Waals surface area contributed by atoms with Crippen LogP contribution < -0.4 is 0 Å². The Morgan fingerprint density at radius 2 is 2.08 bits per heavy atom. The second-order valence-electron chi connectivity index (χ2n) is 6.15. The maximum absolute atomic E-state index is 12.7. The van der Waals surface area contributed by atoms with Crippen molar-refractivity contribution in [3.8, 4) is 0 Å². The molecule has 3 aromatic rings. The van der Waals surface area contributed by atoms with E-state index in [-0.39, 0.29) is 5.91 Å². The largest absolute Gasteiger partial charge is 0.342 e. The molecular formula is C17H20N6O. The van der Waals surface area contributed by atoms with Crippen LogP contribution in [-0.2, 0) is 6.54 Å². The first-order chi connectivity index (χ1) is 11.8. The molecule has 0 aliphatic carbocycles. The van der Waals surface area contributed by atoms with Gasteiger partial charge in [0, 0.05) is 43.6 Å². The number of aromatic nitrogens is 5. The Kier molecular flexibility index (Phi) is 3.76. The third kappa shape index (κ3) is 2.55. The van der Waals surface area contributed by atoms with Crippen molar-refractivity contribution in [3.05, 3.63) is 42.4 Å². The molecule has 0 spiro atoms. The Morgan fingerprint density at radius 1 is 1.29 bits per heavy atom. The molecule has 7 heteroatoms. The molecule has 3 aromatic heterocycles. The van der Waals surface area contributed by atoms with E-state index in [0.29, 0.717) is 11.6 Å². The third-order valence-corrected chi connectivity index (χ3v) is 4.78. The van der Waals surface area contributed by atoms with Crippen LogP contribution >= 0.6 is 0 Å². The summed E-state index contributed by atoms with van der Waals surface area (Å²) >= 11 is 0. The van der Waals surface area contributed by atoms with Gasteiger partial charge in [0.2, 0.25) is 0 Å². The number of nitrogens with one attached hydrogen (secondary N) is 1. The molecule has 1 saturated heterocycles. The van der Waals surface area contributed by atoms with Crippen molar-refractivity contribution in [2.75, 3.05) is 13.1 Å². The smallest absolute Gasteiger partial charge is 0.272 e. The number of H-pyrrole nitrogens is 1. The third-order valence-electron chi connectivity index (χ3n) is 4.78. The number of fused-ring (bicyclic) bond motifs is 1. The quantitative estimate of drug-likeness (QED) is 0.801. The van der Waals surface area contributed by atoms with E-state index in [2.05, 4.69) is 26.0 Å². The molecule has 0 radical (unpaired) electrons. The molecule has 1 aliphatic heterocycles. The molecule has 0 atom stereocenters. The Labute approximate surface area is 139 Å². The number of hydrogen-bond donors (Lipinski definition) is 1. The molecule has 1 aliphatic rings. The van der Waals surface area contributed by atoms with Crippen LogP contribution in [0, 0.1) is 0 Å². The highest BCUT2D eigenvalue weighted by Crippen LogP contribution is 2.29. The minimum absolute atomic E-state index is 0.0766. The summed E-state index contributed by atoms with van der Waals surface area (Å²) < 4.78 is 1.89. The maximum Gasteiger partial charge on any atom is 0.272 e. The number of likely N-dealkylation sites (tertiary alicyclic amines) is 1. The standard InChI is InChI=1S/C17H20N6O/c1-2-22-11-18-10-15(22)17(24)23-7-3-12(4-8-23)13-9-14-16(21-13)20-6-5-19-14/h5-6,9-12H,2-4,7-8H2,1H3,(H,20,21). The van der Waals surface area contributed by atoms with Crippen LogP contribution in [-0.4, -0.2) is 48.4 Å². The number of aromatic amines is 1. The van der Waals surface area contributed by atoms with E-state index in [0.717, 1.165) is 43.6 Å². The summed E-state index contributed by atoms with van der Waals surface area (Å²) in [5.41, 5.74) is 3.58. The summed E-state index contributed by atoms with van der Waals surface area (Å²) in [6.07, 6.45) is 8.66. The molecule has 4 heterocycles. The number of carbonyl (C=O) groups excluding carboxylic acids is 1. The van der Waals surface area contributed by atoms with Crippen molar-refractivity contribution < 1.29 is 4.79 Å². The zero-order chi connectivity index (χ0) is 16.5. The van der Waals surface area contributed by atoms with Crippen LogP contribution in [0.2, 0.25) is 0 Å². The van der Waals surface area contributed by atoms with E-state index < -0.39 is 0 Å². The summed E-state index contributed by atoms with van der Waals surface area (Å²) in [6.45, 7) is 4.29. The van der Waals surface area contributed by atoms with Gasteiger partial charge in [-0.3, -0.25) is 9.78 Å². The Hall–Kier alpha value is -2.70. The van der Waals surface area contributed by atoms with Crippen LogP contribution in [0.1, 0.15) is 41.9 Å². The van der Waals surface area contributed by atoms with E-state index in [9.17, 15) is 4.79 Å². The zero-order valence-corrected chi connectivity index (χ0v) is 13.6. The summed E-state index contributed by atoms with van der Waals surface area (Å²) in [5.74, 6) is 0.494. The monoisotopic (exact) mass is 324 g/mol. The molecule has 124 valence electrons. The van der Waals surface area contributed by atoms with E-state index >= 15 is 0 Å². The van der Waals surface area contributed by atoms with Crippen LogP contribution in [0.4, 0.5) is 0 Å². The van der Waals surface area contributed by atoms with Crippen molar-refractivity contribution in [2.24, 2.45) is 0 Å². The van der Waals surface area contributed by atoms with Gasteiger partial charge in [-0.05, 0) is 25.8 Å². The lowest BCUT2D eigenvalue weighted by atomic mass is 9.93. The Balaban J connectivity index is 1.45. The van der Waals surface area contributed by atoms with E-state index in [1.165, 1.54) is 5.69 Å². The van der Waals surface area contributed by atoms with Crippen LogP contribution in [0.3, 0.4) is 0 Å². The molecule has 1 N–H and O–H groups in total. The molecule has 1 amide bonds. The van der Waals surface area contributed by atoms with Crippen LogP contribution in [0.5, 0.6) is 0 Å². The molecule has 1 fully saturated rings. The molecule has 0 unspecified atom stereocenters. The number of amides is 1. The lowest BCUT2D eigenvalue weighted by Gasteiger charge is -2.31. The van der Waals surface area contributed by atoms with Gasteiger partial charge in [0.05, 0.1) is 12.5 Å². The highest BCUT2D eigenvalue weighted by Gasteiger charge is 2.27. The number of hydrogen-bond acceptors (Lipinski definition) is 4. The molecule has 0 aromatic carbocycles. The lowest BCUT2D eigenvalue weighted by Crippen LogP contribution is -2.38. The first-order valence-electron chi connectivity index (χ1n) is 8.35. The first-order valence-corrected chi connectivity index (χ1v) is 8.35. The van der Waals surface area contributed by atoms with Crippen LogP contribution in [0.15, 0.2) is 31.0 Å². The topological polar surface area (TPSA) is 79.7 Å². The molecule has 0 saturated carbocycles. The predicted molar refractivity (Wildman–Crippen MR) is 89.7 cm³/mol. The summed E-state index contributed by atoms with van der Waals surface area (Å²) in [4.78, 5) is 30.7.